The van der Waals surface area contributed by atoms with Gasteiger partial charge in [-0.1, -0.05) is 44.0 Å². The molecular formula is C27H30N2O5S. The molecule has 2 fully saturated rings. The van der Waals surface area contributed by atoms with Crippen molar-refractivity contribution in [3.05, 3.63) is 59.0 Å². The van der Waals surface area contributed by atoms with Crippen LogP contribution in [0.3, 0.4) is 0 Å². The Morgan fingerprint density at radius 1 is 1.14 bits per heavy atom. The standard InChI is InChI=1S/C27H30N2O5S/c1-4-33-27(31)34-22-15-14-19(16-23(22)32-3)17-24-25(30)29(21-13-9-8-10-18(21)2)26(35-24)28-20-11-6-5-7-12-20/h5-7,11-12,14-18,21H,4,8-10,13H2,1-3H3/b24-17-,28-26?/t18-,21-/m0/s1. The molecule has 0 bridgehead atoms. The minimum Gasteiger partial charge on any atom is -0.493 e. The van der Waals surface area contributed by atoms with Crippen molar-refractivity contribution in [1.29, 1.82) is 0 Å². The Kier molecular flexibility index (Phi) is 8.13. The number of carbonyl (C=O) groups excluding carboxylic acids is 2. The number of methoxy groups -OCH3 is 1. The molecule has 35 heavy (non-hydrogen) atoms. The Hall–Kier alpha value is -3.26. The molecule has 2 atom stereocenters. The molecule has 7 nitrogen and oxygen atoms in total. The SMILES string of the molecule is CCOC(=O)Oc1ccc(/C=C2\SC(=Nc3ccccc3)N([C@H]3CCCC[C@@H]3C)C2=O)cc1OC. The monoisotopic (exact) mass is 494 g/mol. The normalized spacial score (nSPS) is 22.5. The van der Waals surface area contributed by atoms with Crippen molar-refractivity contribution in [2.24, 2.45) is 10.9 Å². The maximum absolute atomic E-state index is 13.6. The van der Waals surface area contributed by atoms with Gasteiger partial charge in [0.2, 0.25) is 0 Å². The van der Waals surface area contributed by atoms with Crippen molar-refractivity contribution >= 4 is 40.8 Å². The van der Waals surface area contributed by atoms with E-state index in [1.165, 1.54) is 25.3 Å². The van der Waals surface area contributed by atoms with Gasteiger partial charge in [0, 0.05) is 6.04 Å². The van der Waals surface area contributed by atoms with E-state index in [1.54, 1.807) is 25.1 Å². The number of aliphatic imine (C=N–C) groups is 1. The average Bonchev–Trinajstić information content (AvgIpc) is 3.15. The largest absolute Gasteiger partial charge is 0.513 e. The summed E-state index contributed by atoms with van der Waals surface area (Å²) in [6.07, 6.45) is 5.43. The van der Waals surface area contributed by atoms with Crippen LogP contribution in [0.15, 0.2) is 58.4 Å². The fourth-order valence-corrected chi connectivity index (χ4v) is 5.44. The summed E-state index contributed by atoms with van der Waals surface area (Å²) in [5.41, 5.74) is 1.58. The topological polar surface area (TPSA) is 77.4 Å². The first-order valence-electron chi connectivity index (χ1n) is 11.9. The Balaban J connectivity index is 1.65. The number of benzene rings is 2. The molecule has 2 aromatic rings. The average molecular weight is 495 g/mol. The summed E-state index contributed by atoms with van der Waals surface area (Å²) in [5, 5.41) is 0.709. The number of thioether (sulfide) groups is 1. The minimum atomic E-state index is -0.794. The van der Waals surface area contributed by atoms with Crippen molar-refractivity contribution in [2.75, 3.05) is 13.7 Å². The maximum Gasteiger partial charge on any atom is 0.513 e. The number of carbonyl (C=O) groups is 2. The Bertz CT molecular complexity index is 1130. The second kappa shape index (κ2) is 11.4. The molecule has 4 rings (SSSR count). The number of ether oxygens (including phenoxy) is 3. The van der Waals surface area contributed by atoms with Crippen LogP contribution in [0.2, 0.25) is 0 Å². The van der Waals surface area contributed by atoms with E-state index in [0.717, 1.165) is 30.5 Å². The number of rotatable bonds is 6. The molecule has 1 amide bonds. The van der Waals surface area contributed by atoms with Crippen LogP contribution < -0.4 is 9.47 Å². The summed E-state index contributed by atoms with van der Waals surface area (Å²) in [6, 6.07) is 15.0. The molecule has 0 radical (unpaired) electrons. The van der Waals surface area contributed by atoms with Gasteiger partial charge < -0.3 is 14.2 Å². The summed E-state index contributed by atoms with van der Waals surface area (Å²) in [7, 11) is 1.50. The number of para-hydroxylation sites is 1. The predicted octanol–water partition coefficient (Wildman–Crippen LogP) is 6.41. The van der Waals surface area contributed by atoms with Gasteiger partial charge in [-0.3, -0.25) is 9.69 Å². The molecule has 8 heteroatoms. The molecule has 1 aliphatic carbocycles. The van der Waals surface area contributed by atoms with Gasteiger partial charge in [-0.05, 0) is 73.4 Å². The van der Waals surface area contributed by atoms with Gasteiger partial charge in [-0.15, -0.1) is 0 Å². The summed E-state index contributed by atoms with van der Waals surface area (Å²) < 4.78 is 15.4. The van der Waals surface area contributed by atoms with Crippen molar-refractivity contribution in [3.63, 3.8) is 0 Å². The van der Waals surface area contributed by atoms with Crippen molar-refractivity contribution in [3.8, 4) is 11.5 Å². The van der Waals surface area contributed by atoms with Crippen LogP contribution in [-0.4, -0.2) is 41.9 Å². The quantitative estimate of drug-likeness (QED) is 0.262. The van der Waals surface area contributed by atoms with Gasteiger partial charge in [0.15, 0.2) is 16.7 Å². The molecule has 0 unspecified atom stereocenters. The van der Waals surface area contributed by atoms with Gasteiger partial charge in [0.1, 0.15) is 0 Å². The van der Waals surface area contributed by atoms with E-state index in [2.05, 4.69) is 6.92 Å². The lowest BCUT2D eigenvalue weighted by Gasteiger charge is -2.35. The Morgan fingerprint density at radius 2 is 1.91 bits per heavy atom. The van der Waals surface area contributed by atoms with Crippen LogP contribution in [0.4, 0.5) is 10.5 Å². The molecule has 0 spiro atoms. The highest BCUT2D eigenvalue weighted by Gasteiger charge is 2.41. The van der Waals surface area contributed by atoms with Crippen molar-refractivity contribution < 1.29 is 23.8 Å². The maximum atomic E-state index is 13.6. The zero-order chi connectivity index (χ0) is 24.8. The smallest absolute Gasteiger partial charge is 0.493 e. The highest BCUT2D eigenvalue weighted by atomic mass is 32.2. The van der Waals surface area contributed by atoms with Crippen LogP contribution in [0.5, 0.6) is 11.5 Å². The van der Waals surface area contributed by atoms with E-state index in [4.69, 9.17) is 19.2 Å². The van der Waals surface area contributed by atoms with Crippen LogP contribution >= 0.6 is 11.8 Å². The Labute approximate surface area is 210 Å². The van der Waals surface area contributed by atoms with E-state index in [9.17, 15) is 9.59 Å². The predicted molar refractivity (Wildman–Crippen MR) is 138 cm³/mol. The fraction of sp³-hybridized carbons (Fsp3) is 0.370. The summed E-state index contributed by atoms with van der Waals surface area (Å²) in [5.74, 6) is 1.00. The molecular weight excluding hydrogens is 464 g/mol. The molecule has 0 N–H and O–H groups in total. The number of nitrogens with zero attached hydrogens (tertiary/aromatic N) is 2. The highest BCUT2D eigenvalue weighted by molar-refractivity contribution is 8.18. The number of hydrogen-bond acceptors (Lipinski definition) is 7. The summed E-state index contributed by atoms with van der Waals surface area (Å²) in [4.78, 5) is 32.7. The highest BCUT2D eigenvalue weighted by Crippen LogP contribution is 2.40. The molecule has 1 aliphatic heterocycles. The fourth-order valence-electron chi connectivity index (χ4n) is 4.40. The van der Waals surface area contributed by atoms with Gasteiger partial charge in [-0.25, -0.2) is 9.79 Å². The van der Waals surface area contributed by atoms with E-state index in [1.807, 2.05) is 41.3 Å². The zero-order valence-electron chi connectivity index (χ0n) is 20.2. The van der Waals surface area contributed by atoms with Crippen LogP contribution in [-0.2, 0) is 9.53 Å². The van der Waals surface area contributed by atoms with E-state index in [-0.39, 0.29) is 24.3 Å². The number of hydrogen-bond donors (Lipinski definition) is 0. The minimum absolute atomic E-state index is 0.0331. The van der Waals surface area contributed by atoms with Crippen LogP contribution in [0, 0.1) is 5.92 Å². The van der Waals surface area contributed by atoms with Crippen molar-refractivity contribution in [1.82, 2.24) is 4.90 Å². The van der Waals surface area contributed by atoms with Gasteiger partial charge >= 0.3 is 6.16 Å². The molecule has 2 aliphatic rings. The van der Waals surface area contributed by atoms with Crippen LogP contribution in [0.25, 0.3) is 6.08 Å². The molecule has 184 valence electrons. The molecule has 1 heterocycles. The van der Waals surface area contributed by atoms with Gasteiger partial charge in [-0.2, -0.15) is 0 Å². The first kappa shape index (κ1) is 24.9. The first-order chi connectivity index (χ1) is 17.0. The third-order valence-electron chi connectivity index (χ3n) is 6.16. The molecule has 2 aromatic carbocycles. The lowest BCUT2D eigenvalue weighted by Crippen LogP contribution is -2.44. The first-order valence-corrected chi connectivity index (χ1v) is 12.7. The Morgan fingerprint density at radius 3 is 2.63 bits per heavy atom. The van der Waals surface area contributed by atoms with E-state index < -0.39 is 6.16 Å². The third kappa shape index (κ3) is 5.88. The van der Waals surface area contributed by atoms with Gasteiger partial charge in [0.05, 0.1) is 24.3 Å². The van der Waals surface area contributed by atoms with Crippen LogP contribution in [0.1, 0.15) is 45.1 Å². The zero-order valence-corrected chi connectivity index (χ0v) is 21.0. The van der Waals surface area contributed by atoms with Crippen molar-refractivity contribution in [2.45, 2.75) is 45.6 Å². The lowest BCUT2D eigenvalue weighted by molar-refractivity contribution is -0.124. The molecule has 0 aromatic heterocycles. The molecule has 1 saturated carbocycles. The van der Waals surface area contributed by atoms with Gasteiger partial charge in [0.25, 0.3) is 5.91 Å². The second-order valence-corrected chi connectivity index (χ2v) is 9.55. The lowest BCUT2D eigenvalue weighted by atomic mass is 9.85. The molecule has 1 saturated heterocycles. The van der Waals surface area contributed by atoms with E-state index in [0.29, 0.717) is 21.7 Å². The van der Waals surface area contributed by atoms with E-state index >= 15 is 0 Å². The second-order valence-electron chi connectivity index (χ2n) is 8.54. The number of amidine groups is 1. The third-order valence-corrected chi connectivity index (χ3v) is 7.14. The number of amides is 1. The summed E-state index contributed by atoms with van der Waals surface area (Å²) in [6.45, 7) is 4.14. The summed E-state index contributed by atoms with van der Waals surface area (Å²) >= 11 is 1.39.